The molecule has 0 spiro atoms. The summed E-state index contributed by atoms with van der Waals surface area (Å²) < 4.78 is 43.0. The van der Waals surface area contributed by atoms with E-state index in [0.717, 1.165) is 15.4 Å². The molecule has 0 aliphatic rings. The molecule has 4 aromatic rings. The van der Waals surface area contributed by atoms with Crippen LogP contribution in [0.5, 0.6) is 0 Å². The van der Waals surface area contributed by atoms with E-state index in [9.17, 15) is 22.4 Å². The Kier molecular flexibility index (Phi) is 11.4. The Morgan fingerprint density at radius 2 is 1.47 bits per heavy atom. The molecule has 1 atom stereocenters. The molecule has 10 heteroatoms. The summed E-state index contributed by atoms with van der Waals surface area (Å²) >= 11 is 6.11. The van der Waals surface area contributed by atoms with Crippen LogP contribution in [0, 0.1) is 18.7 Å². The fourth-order valence-corrected chi connectivity index (χ4v) is 6.28. The summed E-state index contributed by atoms with van der Waals surface area (Å²) in [5, 5.41) is 3.35. The van der Waals surface area contributed by atoms with Gasteiger partial charge in [-0.05, 0) is 72.5 Å². The topological polar surface area (TPSA) is 86.8 Å². The van der Waals surface area contributed by atoms with E-state index in [0.29, 0.717) is 17.1 Å². The van der Waals surface area contributed by atoms with Gasteiger partial charge in [0.05, 0.1) is 10.6 Å². The van der Waals surface area contributed by atoms with Crippen LogP contribution in [0.3, 0.4) is 0 Å². The third-order valence-corrected chi connectivity index (χ3v) is 9.26. The smallest absolute Gasteiger partial charge is 0.264 e. The van der Waals surface area contributed by atoms with Gasteiger partial charge in [0.2, 0.25) is 11.8 Å². The Balaban J connectivity index is 1.79. The first-order chi connectivity index (χ1) is 21.4. The molecule has 0 aliphatic heterocycles. The number of aryl methyl sites for hydroxylation is 1. The first-order valence-corrected chi connectivity index (χ1v) is 16.5. The number of nitrogens with zero attached hydrogens (tertiary/aromatic N) is 2. The van der Waals surface area contributed by atoms with Crippen molar-refractivity contribution in [2.24, 2.45) is 5.92 Å². The van der Waals surface area contributed by atoms with E-state index >= 15 is 0 Å². The lowest BCUT2D eigenvalue weighted by molar-refractivity contribution is -0.140. The third kappa shape index (κ3) is 9.15. The van der Waals surface area contributed by atoms with E-state index in [2.05, 4.69) is 5.32 Å². The minimum Gasteiger partial charge on any atom is -0.354 e. The van der Waals surface area contributed by atoms with Crippen molar-refractivity contribution in [1.29, 1.82) is 0 Å². The lowest BCUT2D eigenvalue weighted by Crippen LogP contribution is -2.53. The summed E-state index contributed by atoms with van der Waals surface area (Å²) in [5.74, 6) is -1.26. The number of amides is 2. The molecule has 45 heavy (non-hydrogen) atoms. The lowest BCUT2D eigenvalue weighted by atomic mass is 10.0. The maximum Gasteiger partial charge on any atom is 0.264 e. The highest BCUT2D eigenvalue weighted by Crippen LogP contribution is 2.27. The third-order valence-electron chi connectivity index (χ3n) is 7.22. The van der Waals surface area contributed by atoms with Crippen LogP contribution in [0.15, 0.2) is 108 Å². The fourth-order valence-electron chi connectivity index (χ4n) is 4.74. The lowest BCUT2D eigenvalue weighted by Gasteiger charge is -2.34. The number of nitrogens with one attached hydrogen (secondary N) is 1. The molecule has 7 nitrogen and oxygen atoms in total. The van der Waals surface area contributed by atoms with E-state index in [1.54, 1.807) is 36.4 Å². The van der Waals surface area contributed by atoms with Gasteiger partial charge in [0, 0.05) is 24.5 Å². The Morgan fingerprint density at radius 3 is 2.07 bits per heavy atom. The average molecular weight is 650 g/mol. The number of sulfonamides is 1. The predicted octanol–water partition coefficient (Wildman–Crippen LogP) is 6.40. The van der Waals surface area contributed by atoms with Crippen molar-refractivity contribution in [3.8, 4) is 0 Å². The maximum absolute atomic E-state index is 14.4. The molecule has 4 rings (SSSR count). The van der Waals surface area contributed by atoms with Gasteiger partial charge in [-0.3, -0.25) is 13.9 Å². The van der Waals surface area contributed by atoms with Crippen molar-refractivity contribution in [1.82, 2.24) is 10.2 Å². The van der Waals surface area contributed by atoms with Crippen molar-refractivity contribution in [3.63, 3.8) is 0 Å². The molecule has 0 saturated heterocycles. The molecule has 0 heterocycles. The molecular weight excluding hydrogens is 613 g/mol. The van der Waals surface area contributed by atoms with Crippen LogP contribution in [-0.2, 0) is 32.6 Å². The summed E-state index contributed by atoms with van der Waals surface area (Å²) in [6, 6.07) is 26.5. The molecule has 0 unspecified atom stereocenters. The van der Waals surface area contributed by atoms with Crippen LogP contribution >= 0.6 is 11.6 Å². The zero-order valence-electron chi connectivity index (χ0n) is 25.5. The molecule has 4 aromatic carbocycles. The van der Waals surface area contributed by atoms with Crippen LogP contribution in [-0.4, -0.2) is 44.3 Å². The summed E-state index contributed by atoms with van der Waals surface area (Å²) in [4.78, 5) is 29.6. The maximum atomic E-state index is 14.4. The second kappa shape index (κ2) is 15.2. The van der Waals surface area contributed by atoms with E-state index in [4.69, 9.17) is 11.6 Å². The largest absolute Gasteiger partial charge is 0.354 e. The van der Waals surface area contributed by atoms with Gasteiger partial charge in [-0.25, -0.2) is 12.8 Å². The molecule has 0 aliphatic carbocycles. The van der Waals surface area contributed by atoms with Gasteiger partial charge in [0.15, 0.2) is 0 Å². The second-order valence-corrected chi connectivity index (χ2v) is 13.6. The van der Waals surface area contributed by atoms with Gasteiger partial charge < -0.3 is 10.2 Å². The molecule has 0 saturated carbocycles. The molecule has 0 bridgehead atoms. The Hall–Kier alpha value is -4.21. The van der Waals surface area contributed by atoms with Crippen molar-refractivity contribution in [2.75, 3.05) is 17.4 Å². The quantitative estimate of drug-likeness (QED) is 0.182. The van der Waals surface area contributed by atoms with Gasteiger partial charge in [-0.15, -0.1) is 0 Å². The highest BCUT2D eigenvalue weighted by molar-refractivity contribution is 7.92. The van der Waals surface area contributed by atoms with Crippen molar-refractivity contribution >= 4 is 39.1 Å². The summed E-state index contributed by atoms with van der Waals surface area (Å²) in [6.45, 7) is 5.52. The van der Waals surface area contributed by atoms with Gasteiger partial charge in [-0.1, -0.05) is 85.6 Å². The van der Waals surface area contributed by atoms with E-state index in [1.807, 2.05) is 51.1 Å². The van der Waals surface area contributed by atoms with Crippen LogP contribution in [0.1, 0.15) is 30.5 Å². The van der Waals surface area contributed by atoms with Gasteiger partial charge >= 0.3 is 0 Å². The van der Waals surface area contributed by atoms with Gasteiger partial charge in [0.1, 0.15) is 18.4 Å². The van der Waals surface area contributed by atoms with Crippen LogP contribution in [0.4, 0.5) is 10.1 Å². The summed E-state index contributed by atoms with van der Waals surface area (Å²) in [7, 11) is -4.22. The normalized spacial score (nSPS) is 12.0. The van der Waals surface area contributed by atoms with E-state index < -0.39 is 34.3 Å². The van der Waals surface area contributed by atoms with Crippen molar-refractivity contribution in [3.05, 3.63) is 131 Å². The number of carbonyl (C=O) groups is 2. The van der Waals surface area contributed by atoms with Gasteiger partial charge in [-0.2, -0.15) is 0 Å². The zero-order valence-corrected chi connectivity index (χ0v) is 27.1. The fraction of sp³-hybridized carbons (Fsp3) is 0.257. The molecule has 236 valence electrons. The molecule has 2 amide bonds. The molecule has 0 fully saturated rings. The number of hydrogen-bond donors (Lipinski definition) is 1. The van der Waals surface area contributed by atoms with Crippen molar-refractivity contribution < 1.29 is 22.4 Å². The minimum atomic E-state index is -4.22. The molecular formula is C35H37ClFN3O4S. The number of hydrogen-bond acceptors (Lipinski definition) is 4. The average Bonchev–Trinajstić information content (AvgIpc) is 3.02. The number of benzene rings is 4. The van der Waals surface area contributed by atoms with Crippen LogP contribution in [0.2, 0.25) is 5.02 Å². The minimum absolute atomic E-state index is 0.0106. The number of carbonyl (C=O) groups excluding carboxylic acids is 2. The molecule has 0 aromatic heterocycles. The summed E-state index contributed by atoms with van der Waals surface area (Å²) in [6.07, 6.45) is 0.184. The number of anilines is 1. The first-order valence-electron chi connectivity index (χ1n) is 14.6. The Labute approximate surface area is 269 Å². The van der Waals surface area contributed by atoms with E-state index in [1.165, 1.54) is 41.3 Å². The standard InChI is InChI=1S/C35H37ClFN3O4S/c1-25(2)22-38-35(42)33(21-27-7-5-4-6-8-27)39(23-28-11-15-30(37)16-12-28)34(41)24-40(31-17-13-29(36)14-18-31)45(43,44)32-19-9-26(3)10-20-32/h4-20,25,33H,21-24H2,1-3H3,(H,38,42)/t33-/m0/s1. The monoisotopic (exact) mass is 649 g/mol. The summed E-state index contributed by atoms with van der Waals surface area (Å²) in [5.41, 5.74) is 2.52. The second-order valence-electron chi connectivity index (χ2n) is 11.3. The first kappa shape index (κ1) is 33.7. The van der Waals surface area contributed by atoms with E-state index in [-0.39, 0.29) is 35.4 Å². The highest BCUT2D eigenvalue weighted by Gasteiger charge is 2.34. The number of rotatable bonds is 13. The molecule has 0 radical (unpaired) electrons. The predicted molar refractivity (Wildman–Crippen MR) is 176 cm³/mol. The molecule has 1 N–H and O–H groups in total. The Morgan fingerprint density at radius 1 is 0.844 bits per heavy atom. The van der Waals surface area contributed by atoms with Crippen LogP contribution in [0.25, 0.3) is 0 Å². The highest BCUT2D eigenvalue weighted by atomic mass is 35.5. The Bertz CT molecular complexity index is 1680. The van der Waals surface area contributed by atoms with Gasteiger partial charge in [0.25, 0.3) is 10.0 Å². The zero-order chi connectivity index (χ0) is 32.6. The van der Waals surface area contributed by atoms with Crippen LogP contribution < -0.4 is 9.62 Å². The van der Waals surface area contributed by atoms with Crippen molar-refractivity contribution in [2.45, 2.75) is 44.7 Å². The number of halogens is 2. The SMILES string of the molecule is Cc1ccc(S(=O)(=O)N(CC(=O)N(Cc2ccc(F)cc2)[C@@H](Cc2ccccc2)C(=O)NCC(C)C)c2ccc(Cl)cc2)cc1.